The molecular weight excluding hydrogens is 464 g/mol. The van der Waals surface area contributed by atoms with E-state index in [4.69, 9.17) is 4.74 Å². The molecule has 0 bridgehead atoms. The number of hydrogen-bond donors (Lipinski definition) is 1. The van der Waals surface area contributed by atoms with Crippen molar-refractivity contribution in [3.05, 3.63) is 88.4 Å². The van der Waals surface area contributed by atoms with Gasteiger partial charge in [0.1, 0.15) is 11.1 Å². The van der Waals surface area contributed by atoms with E-state index in [-0.39, 0.29) is 17.2 Å². The fraction of sp³-hybridized carbons (Fsp3) is 0.130. The Balaban J connectivity index is 1.51. The van der Waals surface area contributed by atoms with E-state index in [2.05, 4.69) is 21.2 Å². The molecule has 1 saturated heterocycles. The number of ether oxygens (including phenoxy) is 1. The summed E-state index contributed by atoms with van der Waals surface area (Å²) in [7, 11) is 1.62. The number of halogens is 1. The molecule has 0 radical (unpaired) electrons. The molecule has 1 N–H and O–H groups in total. The van der Waals surface area contributed by atoms with E-state index in [1.165, 1.54) is 0 Å². The second-order valence-corrected chi connectivity index (χ2v) is 8.70. The topological polar surface area (TPSA) is 58.6 Å². The molecule has 0 aromatic heterocycles. The SMILES string of the molecule is COc1ccc(N2C(=O)CS[C@@H]2c2ccc(NC(=O)c3cccc(Br)c3)cc2)cc1. The molecule has 0 spiro atoms. The molecule has 3 aromatic carbocycles. The lowest BCUT2D eigenvalue weighted by molar-refractivity contribution is -0.115. The molecule has 5 nitrogen and oxygen atoms in total. The molecule has 0 aliphatic carbocycles. The van der Waals surface area contributed by atoms with Gasteiger partial charge in [-0.05, 0) is 60.2 Å². The molecule has 3 aromatic rings. The highest BCUT2D eigenvalue weighted by molar-refractivity contribution is 9.10. The van der Waals surface area contributed by atoms with E-state index in [1.807, 2.05) is 60.7 Å². The predicted molar refractivity (Wildman–Crippen MR) is 124 cm³/mol. The third-order valence-corrected chi connectivity index (χ3v) is 6.46. The van der Waals surface area contributed by atoms with Gasteiger partial charge in [0.25, 0.3) is 5.91 Å². The molecule has 0 saturated carbocycles. The average Bonchev–Trinajstić information content (AvgIpc) is 3.15. The monoisotopic (exact) mass is 482 g/mol. The molecule has 1 atom stereocenters. The number of hydrogen-bond acceptors (Lipinski definition) is 4. The van der Waals surface area contributed by atoms with E-state index >= 15 is 0 Å². The summed E-state index contributed by atoms with van der Waals surface area (Å²) in [5.41, 5.74) is 3.12. The van der Waals surface area contributed by atoms with Gasteiger partial charge in [0.15, 0.2) is 0 Å². The lowest BCUT2D eigenvalue weighted by atomic mass is 10.1. The van der Waals surface area contributed by atoms with Crippen LogP contribution in [0.3, 0.4) is 0 Å². The lowest BCUT2D eigenvalue weighted by Crippen LogP contribution is -2.27. The fourth-order valence-corrected chi connectivity index (χ4v) is 4.83. The molecule has 30 heavy (non-hydrogen) atoms. The zero-order valence-corrected chi connectivity index (χ0v) is 18.6. The van der Waals surface area contributed by atoms with Crippen molar-refractivity contribution in [3.63, 3.8) is 0 Å². The summed E-state index contributed by atoms with van der Waals surface area (Å²) in [6.07, 6.45) is 0. The highest BCUT2D eigenvalue weighted by Crippen LogP contribution is 2.42. The van der Waals surface area contributed by atoms with E-state index < -0.39 is 0 Å². The third-order valence-electron chi connectivity index (χ3n) is 4.76. The largest absolute Gasteiger partial charge is 0.497 e. The first kappa shape index (κ1) is 20.5. The summed E-state index contributed by atoms with van der Waals surface area (Å²) < 4.78 is 6.06. The molecular formula is C23H19BrN2O3S. The van der Waals surface area contributed by atoms with Crippen molar-refractivity contribution < 1.29 is 14.3 Å². The van der Waals surface area contributed by atoms with Crippen molar-refractivity contribution in [3.8, 4) is 5.75 Å². The molecule has 7 heteroatoms. The van der Waals surface area contributed by atoms with Crippen molar-refractivity contribution in [2.75, 3.05) is 23.1 Å². The number of anilines is 2. The molecule has 0 unspecified atom stereocenters. The molecule has 1 aliphatic heterocycles. The zero-order chi connectivity index (χ0) is 21.1. The van der Waals surface area contributed by atoms with Crippen LogP contribution in [0.1, 0.15) is 21.3 Å². The Morgan fingerprint density at radius 2 is 1.83 bits per heavy atom. The summed E-state index contributed by atoms with van der Waals surface area (Å²) in [4.78, 5) is 26.8. The standard InChI is InChI=1S/C23H19BrN2O3S/c1-29-20-11-9-19(10-12-20)26-21(27)14-30-23(26)15-5-7-18(8-6-15)25-22(28)16-3-2-4-17(24)13-16/h2-13,23H,14H2,1H3,(H,25,28)/t23-/m1/s1. The normalized spacial score (nSPS) is 15.9. The van der Waals surface area contributed by atoms with Gasteiger partial charge in [0.05, 0.1) is 12.9 Å². The Morgan fingerprint density at radius 3 is 2.50 bits per heavy atom. The van der Waals surface area contributed by atoms with E-state index in [0.717, 1.165) is 21.5 Å². The van der Waals surface area contributed by atoms with Crippen LogP contribution in [0.5, 0.6) is 5.75 Å². The van der Waals surface area contributed by atoms with Crippen molar-refractivity contribution in [2.24, 2.45) is 0 Å². The van der Waals surface area contributed by atoms with Gasteiger partial charge >= 0.3 is 0 Å². The van der Waals surface area contributed by atoms with Crippen LogP contribution in [-0.2, 0) is 4.79 Å². The molecule has 1 aliphatic rings. The summed E-state index contributed by atoms with van der Waals surface area (Å²) in [6.45, 7) is 0. The summed E-state index contributed by atoms with van der Waals surface area (Å²) in [6, 6.07) is 22.3. The van der Waals surface area contributed by atoms with Crippen LogP contribution in [0.25, 0.3) is 0 Å². The summed E-state index contributed by atoms with van der Waals surface area (Å²) >= 11 is 4.97. The van der Waals surface area contributed by atoms with Crippen LogP contribution in [-0.4, -0.2) is 24.7 Å². The maximum atomic E-state index is 12.5. The third kappa shape index (κ3) is 4.37. The molecule has 4 rings (SSSR count). The van der Waals surface area contributed by atoms with E-state index in [1.54, 1.807) is 35.9 Å². The quantitative estimate of drug-likeness (QED) is 0.522. The van der Waals surface area contributed by atoms with Crippen LogP contribution in [0.15, 0.2) is 77.3 Å². The van der Waals surface area contributed by atoms with Crippen molar-refractivity contribution in [2.45, 2.75) is 5.37 Å². The Bertz CT molecular complexity index is 1070. The maximum Gasteiger partial charge on any atom is 0.255 e. The maximum absolute atomic E-state index is 12.5. The minimum Gasteiger partial charge on any atom is -0.497 e. The number of nitrogens with zero attached hydrogens (tertiary/aromatic N) is 1. The number of methoxy groups -OCH3 is 1. The number of nitrogens with one attached hydrogen (secondary N) is 1. The van der Waals surface area contributed by atoms with Crippen LogP contribution in [0.4, 0.5) is 11.4 Å². The van der Waals surface area contributed by atoms with Gasteiger partial charge in [-0.2, -0.15) is 0 Å². The Labute approximate surface area is 187 Å². The summed E-state index contributed by atoms with van der Waals surface area (Å²) in [5, 5.41) is 2.80. The van der Waals surface area contributed by atoms with Gasteiger partial charge in [-0.1, -0.05) is 34.1 Å². The first-order chi connectivity index (χ1) is 14.5. The smallest absolute Gasteiger partial charge is 0.255 e. The van der Waals surface area contributed by atoms with E-state index in [0.29, 0.717) is 17.0 Å². The molecule has 152 valence electrons. The number of thioether (sulfide) groups is 1. The van der Waals surface area contributed by atoms with Gasteiger partial charge in [-0.3, -0.25) is 14.5 Å². The van der Waals surface area contributed by atoms with Gasteiger partial charge < -0.3 is 10.1 Å². The Kier molecular flexibility index (Phi) is 6.11. The molecule has 1 fully saturated rings. The number of benzene rings is 3. The van der Waals surface area contributed by atoms with Crippen molar-refractivity contribution in [1.29, 1.82) is 0 Å². The minimum atomic E-state index is -0.172. The predicted octanol–water partition coefficient (Wildman–Crippen LogP) is 5.49. The highest BCUT2D eigenvalue weighted by Gasteiger charge is 2.34. The van der Waals surface area contributed by atoms with Gasteiger partial charge in [-0.15, -0.1) is 11.8 Å². The number of carbonyl (C=O) groups excluding carboxylic acids is 2. The lowest BCUT2D eigenvalue weighted by Gasteiger charge is -2.24. The number of carbonyl (C=O) groups is 2. The zero-order valence-electron chi connectivity index (χ0n) is 16.2. The highest BCUT2D eigenvalue weighted by atomic mass is 79.9. The Morgan fingerprint density at radius 1 is 1.10 bits per heavy atom. The van der Waals surface area contributed by atoms with Crippen LogP contribution >= 0.6 is 27.7 Å². The fourth-order valence-electron chi connectivity index (χ4n) is 3.26. The number of rotatable bonds is 5. The average molecular weight is 483 g/mol. The van der Waals surface area contributed by atoms with Crippen molar-refractivity contribution >= 4 is 50.9 Å². The van der Waals surface area contributed by atoms with Crippen LogP contribution < -0.4 is 15.0 Å². The first-order valence-electron chi connectivity index (χ1n) is 9.30. The molecule has 2 amide bonds. The van der Waals surface area contributed by atoms with Gasteiger partial charge in [-0.25, -0.2) is 0 Å². The van der Waals surface area contributed by atoms with E-state index in [9.17, 15) is 9.59 Å². The number of amides is 2. The first-order valence-corrected chi connectivity index (χ1v) is 11.1. The van der Waals surface area contributed by atoms with Gasteiger partial charge in [0, 0.05) is 21.4 Å². The van der Waals surface area contributed by atoms with Gasteiger partial charge in [0.2, 0.25) is 5.91 Å². The van der Waals surface area contributed by atoms with Crippen LogP contribution in [0.2, 0.25) is 0 Å². The minimum absolute atomic E-state index is 0.0715. The Hall–Kier alpha value is -2.77. The molecule has 1 heterocycles. The van der Waals surface area contributed by atoms with Crippen molar-refractivity contribution in [1.82, 2.24) is 0 Å². The second-order valence-electron chi connectivity index (χ2n) is 6.71. The summed E-state index contributed by atoms with van der Waals surface area (Å²) in [5.74, 6) is 1.08. The second kappa shape index (κ2) is 8.93. The van der Waals surface area contributed by atoms with Crippen LogP contribution in [0, 0.1) is 0 Å².